The van der Waals surface area contributed by atoms with Crippen molar-refractivity contribution in [2.75, 3.05) is 19.8 Å². The van der Waals surface area contributed by atoms with Gasteiger partial charge in [-0.25, -0.2) is 4.79 Å². The zero-order valence-corrected chi connectivity index (χ0v) is 17.5. The van der Waals surface area contributed by atoms with Crippen LogP contribution in [-0.4, -0.2) is 40.5 Å². The lowest BCUT2D eigenvalue weighted by Gasteiger charge is -2.46. The lowest BCUT2D eigenvalue weighted by molar-refractivity contribution is 0.0593. The Morgan fingerprint density at radius 2 is 1.74 bits per heavy atom. The number of aromatic nitrogens is 2. The van der Waals surface area contributed by atoms with Crippen LogP contribution < -0.4 is 15.2 Å². The Morgan fingerprint density at radius 3 is 2.52 bits per heavy atom. The van der Waals surface area contributed by atoms with E-state index in [4.69, 9.17) is 9.47 Å². The molecule has 1 saturated carbocycles. The van der Waals surface area contributed by atoms with Crippen molar-refractivity contribution < 1.29 is 14.3 Å². The van der Waals surface area contributed by atoms with Crippen molar-refractivity contribution in [2.45, 2.75) is 44.1 Å². The van der Waals surface area contributed by atoms with Gasteiger partial charge in [-0.05, 0) is 61.2 Å². The van der Waals surface area contributed by atoms with Crippen LogP contribution in [0.5, 0.6) is 11.5 Å². The summed E-state index contributed by atoms with van der Waals surface area (Å²) in [4.78, 5) is 32.8. The van der Waals surface area contributed by atoms with Gasteiger partial charge in [0.2, 0.25) is 0 Å². The van der Waals surface area contributed by atoms with Gasteiger partial charge >= 0.3 is 5.69 Å². The van der Waals surface area contributed by atoms with E-state index in [1.54, 1.807) is 18.2 Å². The third kappa shape index (κ3) is 2.79. The molecule has 1 aromatic heterocycles. The summed E-state index contributed by atoms with van der Waals surface area (Å²) in [6.45, 7) is 3.90. The number of hydrogen-bond donors (Lipinski definition) is 2. The van der Waals surface area contributed by atoms with Crippen molar-refractivity contribution in [3.8, 4) is 11.5 Å². The van der Waals surface area contributed by atoms with Crippen molar-refractivity contribution in [3.05, 3.63) is 57.5 Å². The van der Waals surface area contributed by atoms with Crippen LogP contribution >= 0.6 is 0 Å². The lowest BCUT2D eigenvalue weighted by atomic mass is 9.71. The van der Waals surface area contributed by atoms with Crippen molar-refractivity contribution in [1.29, 1.82) is 0 Å². The Bertz CT molecular complexity index is 1250. The predicted octanol–water partition coefficient (Wildman–Crippen LogP) is 3.66. The van der Waals surface area contributed by atoms with Gasteiger partial charge in [0.25, 0.3) is 5.91 Å². The summed E-state index contributed by atoms with van der Waals surface area (Å²) >= 11 is 0. The molecule has 1 atom stereocenters. The Hall–Kier alpha value is -3.22. The summed E-state index contributed by atoms with van der Waals surface area (Å²) in [6.07, 6.45) is 4.47. The van der Waals surface area contributed by atoms with Crippen molar-refractivity contribution in [1.82, 2.24) is 14.9 Å². The first kappa shape index (κ1) is 18.5. The number of fused-ring (bicyclic) bond motifs is 4. The third-order valence-corrected chi connectivity index (χ3v) is 7.26. The number of nitrogens with one attached hydrogen (secondary N) is 2. The summed E-state index contributed by atoms with van der Waals surface area (Å²) in [5.41, 5.74) is 4.10. The number of nitrogens with zero attached hydrogens (tertiary/aromatic N) is 1. The minimum Gasteiger partial charge on any atom is -0.486 e. The molecule has 1 amide bonds. The average Bonchev–Trinajstić information content (AvgIpc) is 3.40. The molecule has 1 fully saturated rings. The normalized spacial score (nSPS) is 21.5. The van der Waals surface area contributed by atoms with Gasteiger partial charge in [0.05, 0.1) is 17.1 Å². The number of ether oxygens (including phenoxy) is 2. The fourth-order valence-electron chi connectivity index (χ4n) is 5.68. The fraction of sp³-hybridized carbons (Fsp3) is 0.417. The van der Waals surface area contributed by atoms with Crippen molar-refractivity contribution >= 4 is 16.9 Å². The summed E-state index contributed by atoms with van der Waals surface area (Å²) in [5.74, 6) is 1.58. The second kappa shape index (κ2) is 6.64. The fourth-order valence-corrected chi connectivity index (χ4v) is 5.68. The number of hydrogen-bond acceptors (Lipinski definition) is 4. The number of amides is 1. The first-order valence-corrected chi connectivity index (χ1v) is 11.0. The standard InChI is InChI=1S/C24H25N3O4/c1-14-16-11-20-21(31-9-8-30-20)12-17(16)24(6-2-3-7-24)13-27(14)22(28)15-4-5-18-19(10-15)26-23(29)25-18/h4-5,10-12,14H,2-3,6-9,13H2,1H3,(H2,25,26,29). The second-order valence-electron chi connectivity index (χ2n) is 9.02. The second-order valence-corrected chi connectivity index (χ2v) is 9.02. The highest BCUT2D eigenvalue weighted by atomic mass is 16.6. The molecule has 2 aliphatic heterocycles. The molecule has 160 valence electrons. The van der Waals surface area contributed by atoms with Gasteiger partial charge in [0.15, 0.2) is 11.5 Å². The molecular formula is C24H25N3O4. The smallest absolute Gasteiger partial charge is 0.323 e. The zero-order valence-electron chi connectivity index (χ0n) is 17.5. The van der Waals surface area contributed by atoms with Crippen LogP contribution in [0.2, 0.25) is 0 Å². The van der Waals surface area contributed by atoms with Gasteiger partial charge in [-0.15, -0.1) is 0 Å². The molecule has 3 heterocycles. The lowest BCUT2D eigenvalue weighted by Crippen LogP contribution is -2.48. The monoisotopic (exact) mass is 419 g/mol. The Morgan fingerprint density at radius 1 is 1.03 bits per heavy atom. The van der Waals surface area contributed by atoms with E-state index in [1.807, 2.05) is 4.90 Å². The maximum absolute atomic E-state index is 13.7. The molecule has 2 N–H and O–H groups in total. The number of rotatable bonds is 1. The van der Waals surface area contributed by atoms with Crippen LogP contribution in [0.25, 0.3) is 11.0 Å². The molecule has 1 unspecified atom stereocenters. The summed E-state index contributed by atoms with van der Waals surface area (Å²) in [6, 6.07) is 9.52. The van der Waals surface area contributed by atoms with E-state index in [-0.39, 0.29) is 23.1 Å². The molecule has 7 heteroatoms. The molecule has 3 aliphatic rings. The van der Waals surface area contributed by atoms with Crippen LogP contribution in [0.15, 0.2) is 35.1 Å². The number of carbonyl (C=O) groups excluding carboxylic acids is 1. The maximum Gasteiger partial charge on any atom is 0.323 e. The quantitative estimate of drug-likeness (QED) is 0.630. The Kier molecular flexibility index (Phi) is 3.97. The molecular weight excluding hydrogens is 394 g/mol. The van der Waals surface area contributed by atoms with Gasteiger partial charge in [0.1, 0.15) is 13.2 Å². The van der Waals surface area contributed by atoms with E-state index in [1.165, 1.54) is 18.4 Å². The first-order chi connectivity index (χ1) is 15.0. The highest BCUT2D eigenvalue weighted by molar-refractivity contribution is 5.97. The van der Waals surface area contributed by atoms with E-state index in [9.17, 15) is 9.59 Å². The summed E-state index contributed by atoms with van der Waals surface area (Å²) < 4.78 is 11.7. The Labute approximate surface area is 179 Å². The van der Waals surface area contributed by atoms with E-state index < -0.39 is 0 Å². The molecule has 1 aliphatic carbocycles. The zero-order chi connectivity index (χ0) is 21.2. The molecule has 6 rings (SSSR count). The van der Waals surface area contributed by atoms with Crippen LogP contribution in [0.3, 0.4) is 0 Å². The average molecular weight is 419 g/mol. The molecule has 0 saturated heterocycles. The highest BCUT2D eigenvalue weighted by Crippen LogP contribution is 2.52. The molecule has 1 spiro atoms. The predicted molar refractivity (Wildman–Crippen MR) is 116 cm³/mol. The SMILES string of the molecule is CC1c2cc3c(cc2C2(CCCC2)CN1C(=O)c1ccc2[nH]c(=O)[nH]c2c1)OCCO3. The van der Waals surface area contributed by atoms with Crippen LogP contribution in [0, 0.1) is 0 Å². The molecule has 0 radical (unpaired) electrons. The third-order valence-electron chi connectivity index (χ3n) is 7.26. The summed E-state index contributed by atoms with van der Waals surface area (Å²) in [5, 5.41) is 0. The van der Waals surface area contributed by atoms with Crippen LogP contribution in [0.4, 0.5) is 0 Å². The molecule has 7 nitrogen and oxygen atoms in total. The molecule has 0 bridgehead atoms. The number of aromatic amines is 2. The summed E-state index contributed by atoms with van der Waals surface area (Å²) in [7, 11) is 0. The van der Waals surface area contributed by atoms with Crippen molar-refractivity contribution in [2.24, 2.45) is 0 Å². The minimum absolute atomic E-state index is 0.0109. The van der Waals surface area contributed by atoms with Gasteiger partial charge < -0.3 is 24.3 Å². The highest BCUT2D eigenvalue weighted by Gasteiger charge is 2.46. The molecule has 2 aromatic carbocycles. The number of H-pyrrole nitrogens is 2. The van der Waals surface area contributed by atoms with Gasteiger partial charge in [-0.3, -0.25) is 4.79 Å². The molecule has 3 aromatic rings. The number of carbonyl (C=O) groups is 1. The van der Waals surface area contributed by atoms with E-state index in [0.29, 0.717) is 36.4 Å². The first-order valence-electron chi connectivity index (χ1n) is 11.0. The Balaban J connectivity index is 1.44. The van der Waals surface area contributed by atoms with E-state index in [2.05, 4.69) is 29.0 Å². The maximum atomic E-state index is 13.7. The van der Waals surface area contributed by atoms with Crippen LogP contribution in [-0.2, 0) is 5.41 Å². The minimum atomic E-state index is -0.267. The topological polar surface area (TPSA) is 87.4 Å². The number of benzene rings is 2. The van der Waals surface area contributed by atoms with E-state index >= 15 is 0 Å². The molecule has 31 heavy (non-hydrogen) atoms. The van der Waals surface area contributed by atoms with Gasteiger partial charge in [-0.1, -0.05) is 12.8 Å². The van der Waals surface area contributed by atoms with Crippen LogP contribution in [0.1, 0.15) is 60.1 Å². The van der Waals surface area contributed by atoms with Crippen molar-refractivity contribution in [3.63, 3.8) is 0 Å². The largest absolute Gasteiger partial charge is 0.486 e. The van der Waals surface area contributed by atoms with Gasteiger partial charge in [0, 0.05) is 17.5 Å². The number of imidazole rings is 1. The van der Waals surface area contributed by atoms with E-state index in [0.717, 1.165) is 29.9 Å². The van der Waals surface area contributed by atoms with Gasteiger partial charge in [-0.2, -0.15) is 0 Å².